The second kappa shape index (κ2) is 6.15. The summed E-state index contributed by atoms with van der Waals surface area (Å²) in [7, 11) is 0. The molecule has 2 atom stereocenters. The van der Waals surface area contributed by atoms with Crippen molar-refractivity contribution in [1.29, 1.82) is 0 Å². The van der Waals surface area contributed by atoms with Crippen LogP contribution in [-0.4, -0.2) is 13.1 Å². The Morgan fingerprint density at radius 2 is 1.70 bits per heavy atom. The third-order valence-corrected chi connectivity index (χ3v) is 4.03. The summed E-state index contributed by atoms with van der Waals surface area (Å²) in [6, 6.07) is 15.8. The van der Waals surface area contributed by atoms with E-state index in [9.17, 15) is 0 Å². The Balaban J connectivity index is 1.81. The van der Waals surface area contributed by atoms with Crippen molar-refractivity contribution in [3.63, 3.8) is 0 Å². The summed E-state index contributed by atoms with van der Waals surface area (Å²) in [5, 5.41) is 4.70. The molecule has 1 saturated heterocycles. The minimum Gasteiger partial charge on any atom is -0.363 e. The molecule has 2 unspecified atom stereocenters. The van der Waals surface area contributed by atoms with Gasteiger partial charge in [-0.2, -0.15) is 0 Å². The van der Waals surface area contributed by atoms with Gasteiger partial charge in [0.25, 0.3) is 0 Å². The summed E-state index contributed by atoms with van der Waals surface area (Å²) >= 11 is 12.2. The molecule has 4 heteroatoms. The summed E-state index contributed by atoms with van der Waals surface area (Å²) < 4.78 is 6.19. The van der Waals surface area contributed by atoms with Gasteiger partial charge in [-0.3, -0.25) is 0 Å². The molecular formula is C16H15Cl2NO. The second-order valence-electron chi connectivity index (χ2n) is 4.85. The SMILES string of the molecule is Clc1ccc(C2CNCC(c3ccccc3)O2)c(Cl)c1. The van der Waals surface area contributed by atoms with Crippen LogP contribution in [0.25, 0.3) is 0 Å². The lowest BCUT2D eigenvalue weighted by molar-refractivity contribution is -0.0405. The van der Waals surface area contributed by atoms with Crippen LogP contribution in [0.5, 0.6) is 0 Å². The predicted octanol–water partition coefficient (Wildman–Crippen LogP) is 4.40. The van der Waals surface area contributed by atoms with Gasteiger partial charge < -0.3 is 10.1 Å². The minimum absolute atomic E-state index is 0.0432. The predicted molar refractivity (Wildman–Crippen MR) is 82.3 cm³/mol. The fraction of sp³-hybridized carbons (Fsp3) is 0.250. The molecule has 2 nitrogen and oxygen atoms in total. The fourth-order valence-electron chi connectivity index (χ4n) is 2.45. The Morgan fingerprint density at radius 3 is 2.45 bits per heavy atom. The molecule has 0 saturated carbocycles. The van der Waals surface area contributed by atoms with E-state index in [4.69, 9.17) is 27.9 Å². The molecule has 3 rings (SSSR count). The van der Waals surface area contributed by atoms with E-state index in [0.717, 1.165) is 18.7 Å². The van der Waals surface area contributed by atoms with Gasteiger partial charge in [-0.25, -0.2) is 0 Å². The van der Waals surface area contributed by atoms with Crippen LogP contribution in [0, 0.1) is 0 Å². The number of morpholine rings is 1. The zero-order valence-corrected chi connectivity index (χ0v) is 12.4. The van der Waals surface area contributed by atoms with E-state index >= 15 is 0 Å². The van der Waals surface area contributed by atoms with Gasteiger partial charge in [0.15, 0.2) is 0 Å². The van der Waals surface area contributed by atoms with Crippen LogP contribution in [0.4, 0.5) is 0 Å². The average molecular weight is 308 g/mol. The summed E-state index contributed by atoms with van der Waals surface area (Å²) in [6.07, 6.45) is -0.0135. The van der Waals surface area contributed by atoms with Crippen LogP contribution in [0.2, 0.25) is 10.0 Å². The summed E-state index contributed by atoms with van der Waals surface area (Å²) in [6.45, 7) is 1.57. The number of hydrogen-bond donors (Lipinski definition) is 1. The highest BCUT2D eigenvalue weighted by Gasteiger charge is 2.25. The van der Waals surface area contributed by atoms with E-state index in [1.54, 1.807) is 6.07 Å². The van der Waals surface area contributed by atoms with E-state index < -0.39 is 0 Å². The first-order chi connectivity index (χ1) is 9.74. The summed E-state index contributed by atoms with van der Waals surface area (Å²) in [4.78, 5) is 0. The number of nitrogens with one attached hydrogen (secondary N) is 1. The molecule has 0 amide bonds. The van der Waals surface area contributed by atoms with Gasteiger partial charge in [0.2, 0.25) is 0 Å². The lowest BCUT2D eigenvalue weighted by Gasteiger charge is -2.32. The Hall–Kier alpha value is -1.06. The molecule has 0 spiro atoms. The largest absolute Gasteiger partial charge is 0.363 e. The monoisotopic (exact) mass is 307 g/mol. The Bertz CT molecular complexity index is 588. The Morgan fingerprint density at radius 1 is 0.950 bits per heavy atom. The molecule has 0 radical (unpaired) electrons. The van der Waals surface area contributed by atoms with E-state index in [2.05, 4.69) is 17.4 Å². The van der Waals surface area contributed by atoms with Crippen LogP contribution in [0.1, 0.15) is 23.3 Å². The van der Waals surface area contributed by atoms with E-state index in [1.165, 1.54) is 5.56 Å². The molecule has 1 aliphatic rings. The van der Waals surface area contributed by atoms with Crippen LogP contribution < -0.4 is 5.32 Å². The molecule has 0 aliphatic carbocycles. The van der Waals surface area contributed by atoms with Crippen molar-refractivity contribution in [3.8, 4) is 0 Å². The number of hydrogen-bond acceptors (Lipinski definition) is 2. The molecule has 1 N–H and O–H groups in total. The normalized spacial score (nSPS) is 22.7. The maximum Gasteiger partial charge on any atom is 0.0972 e. The van der Waals surface area contributed by atoms with E-state index in [1.807, 2.05) is 30.3 Å². The number of halogens is 2. The third kappa shape index (κ3) is 2.99. The molecule has 104 valence electrons. The van der Waals surface area contributed by atoms with Crippen molar-refractivity contribution in [3.05, 3.63) is 69.7 Å². The first kappa shape index (κ1) is 13.9. The fourth-order valence-corrected chi connectivity index (χ4v) is 2.98. The molecular weight excluding hydrogens is 293 g/mol. The lowest BCUT2D eigenvalue weighted by atomic mass is 10.0. The first-order valence-corrected chi connectivity index (χ1v) is 7.35. The number of ether oxygens (including phenoxy) is 1. The van der Waals surface area contributed by atoms with Crippen molar-refractivity contribution < 1.29 is 4.74 Å². The molecule has 1 aliphatic heterocycles. The van der Waals surface area contributed by atoms with Crippen LogP contribution in [0.15, 0.2) is 48.5 Å². The topological polar surface area (TPSA) is 21.3 Å². The molecule has 20 heavy (non-hydrogen) atoms. The van der Waals surface area contributed by atoms with Crippen molar-refractivity contribution in [2.75, 3.05) is 13.1 Å². The van der Waals surface area contributed by atoms with Crippen molar-refractivity contribution in [1.82, 2.24) is 5.32 Å². The van der Waals surface area contributed by atoms with Gasteiger partial charge >= 0.3 is 0 Å². The van der Waals surface area contributed by atoms with Crippen molar-refractivity contribution >= 4 is 23.2 Å². The average Bonchev–Trinajstić information content (AvgIpc) is 2.48. The van der Waals surface area contributed by atoms with Crippen molar-refractivity contribution in [2.24, 2.45) is 0 Å². The quantitative estimate of drug-likeness (QED) is 0.888. The van der Waals surface area contributed by atoms with Gasteiger partial charge in [-0.15, -0.1) is 0 Å². The molecule has 2 aromatic carbocycles. The van der Waals surface area contributed by atoms with E-state index in [-0.39, 0.29) is 12.2 Å². The van der Waals surface area contributed by atoms with E-state index in [0.29, 0.717) is 10.0 Å². The molecule has 0 aromatic heterocycles. The van der Waals surface area contributed by atoms with Crippen LogP contribution in [-0.2, 0) is 4.74 Å². The van der Waals surface area contributed by atoms with Gasteiger partial charge in [-0.1, -0.05) is 59.6 Å². The number of benzene rings is 2. The lowest BCUT2D eigenvalue weighted by Crippen LogP contribution is -2.36. The van der Waals surface area contributed by atoms with Crippen molar-refractivity contribution in [2.45, 2.75) is 12.2 Å². The van der Waals surface area contributed by atoms with Crippen LogP contribution in [0.3, 0.4) is 0 Å². The molecule has 0 bridgehead atoms. The maximum absolute atomic E-state index is 6.26. The zero-order chi connectivity index (χ0) is 13.9. The zero-order valence-electron chi connectivity index (χ0n) is 10.9. The molecule has 2 aromatic rings. The molecule has 1 heterocycles. The second-order valence-corrected chi connectivity index (χ2v) is 5.69. The third-order valence-electron chi connectivity index (χ3n) is 3.47. The highest BCUT2D eigenvalue weighted by molar-refractivity contribution is 6.35. The molecule has 1 fully saturated rings. The Kier molecular flexibility index (Phi) is 4.27. The highest BCUT2D eigenvalue weighted by atomic mass is 35.5. The van der Waals surface area contributed by atoms with Gasteiger partial charge in [0.05, 0.1) is 12.2 Å². The standard InChI is InChI=1S/C16H15Cl2NO/c17-12-6-7-13(14(18)8-12)16-10-19-9-15(20-16)11-4-2-1-3-5-11/h1-8,15-16,19H,9-10H2. The summed E-state index contributed by atoms with van der Waals surface area (Å²) in [5.41, 5.74) is 2.15. The first-order valence-electron chi connectivity index (χ1n) is 6.60. The minimum atomic E-state index is -0.0567. The Labute approximate surface area is 128 Å². The smallest absolute Gasteiger partial charge is 0.0972 e. The highest BCUT2D eigenvalue weighted by Crippen LogP contribution is 2.33. The van der Waals surface area contributed by atoms with Crippen LogP contribution >= 0.6 is 23.2 Å². The summed E-state index contributed by atoms with van der Waals surface area (Å²) in [5.74, 6) is 0. The maximum atomic E-state index is 6.26. The van der Waals surface area contributed by atoms with Gasteiger partial charge in [0.1, 0.15) is 0 Å². The van der Waals surface area contributed by atoms with Gasteiger partial charge in [0, 0.05) is 28.7 Å². The van der Waals surface area contributed by atoms with Gasteiger partial charge in [-0.05, 0) is 17.7 Å². The number of rotatable bonds is 2.